The van der Waals surface area contributed by atoms with Gasteiger partial charge in [-0.1, -0.05) is 6.92 Å². The van der Waals surface area contributed by atoms with Crippen molar-refractivity contribution >= 4 is 11.0 Å². The minimum atomic E-state index is -1.44. The highest BCUT2D eigenvalue weighted by Gasteiger charge is 2.44. The van der Waals surface area contributed by atoms with Gasteiger partial charge in [0.1, 0.15) is 6.10 Å². The summed E-state index contributed by atoms with van der Waals surface area (Å²) >= 11 is 0. The number of hydrogen-bond donors (Lipinski definition) is 2. The first-order valence-corrected chi connectivity index (χ1v) is 6.15. The van der Waals surface area contributed by atoms with E-state index < -0.39 is 24.6 Å². The van der Waals surface area contributed by atoms with Gasteiger partial charge in [0.15, 0.2) is 17.9 Å². The second-order valence-corrected chi connectivity index (χ2v) is 4.60. The van der Waals surface area contributed by atoms with Crippen molar-refractivity contribution in [1.29, 1.82) is 0 Å². The summed E-state index contributed by atoms with van der Waals surface area (Å²) in [7, 11) is 0. The molecule has 0 radical (unpaired) electrons. The van der Waals surface area contributed by atoms with Crippen molar-refractivity contribution in [3.63, 3.8) is 0 Å². The second kappa shape index (κ2) is 4.43. The Morgan fingerprint density at radius 1 is 1.63 bits per heavy atom. The third-order valence-corrected chi connectivity index (χ3v) is 3.47. The molecule has 1 aliphatic rings. The number of ether oxygens (including phenoxy) is 1. The van der Waals surface area contributed by atoms with Crippen molar-refractivity contribution < 1.29 is 14.2 Å². The van der Waals surface area contributed by atoms with Crippen molar-refractivity contribution in [2.45, 2.75) is 38.0 Å². The van der Waals surface area contributed by atoms with E-state index in [1.807, 2.05) is 0 Å². The molecule has 0 aliphatic carbocycles. The molecular weight excluding hydrogens is 253 g/mol. The van der Waals surface area contributed by atoms with E-state index in [9.17, 15) is 14.3 Å². The number of fused-ring (bicyclic) bond motifs is 1. The van der Waals surface area contributed by atoms with Crippen molar-refractivity contribution in [2.24, 2.45) is 0 Å². The number of H-pyrrole nitrogens is 1. The van der Waals surface area contributed by atoms with Crippen LogP contribution in [0.1, 0.15) is 19.6 Å². The van der Waals surface area contributed by atoms with E-state index in [1.54, 1.807) is 13.0 Å². The van der Waals surface area contributed by atoms with E-state index in [2.05, 4.69) is 9.97 Å². The number of aromatic amines is 1. The molecule has 0 unspecified atom stereocenters. The van der Waals surface area contributed by atoms with Gasteiger partial charge in [-0.3, -0.25) is 4.79 Å². The molecule has 3 rings (SSSR count). The summed E-state index contributed by atoms with van der Waals surface area (Å²) < 4.78 is 20.8. The first-order valence-electron chi connectivity index (χ1n) is 6.15. The smallest absolute Gasteiger partial charge is 0.276 e. The number of alkyl halides is 1. The summed E-state index contributed by atoms with van der Waals surface area (Å²) in [5.41, 5.74) is 0.429. The van der Waals surface area contributed by atoms with E-state index in [0.717, 1.165) is 0 Å². The predicted molar refractivity (Wildman–Crippen MR) is 65.5 cm³/mol. The fraction of sp³-hybridized carbons (Fsp3) is 0.500. The Bertz CT molecular complexity index is 653. The summed E-state index contributed by atoms with van der Waals surface area (Å²) in [6.07, 6.45) is -0.850. The molecule has 2 aromatic heterocycles. The van der Waals surface area contributed by atoms with Crippen LogP contribution in [0.25, 0.3) is 11.0 Å². The van der Waals surface area contributed by atoms with Crippen LogP contribution in [0.15, 0.2) is 23.4 Å². The predicted octanol–water partition coefficient (Wildman–Crippen LogP) is 0.731. The molecule has 2 N–H and O–H groups in total. The summed E-state index contributed by atoms with van der Waals surface area (Å²) in [5.74, 6) is 0. The molecule has 1 saturated heterocycles. The maximum Gasteiger partial charge on any atom is 0.276 e. The van der Waals surface area contributed by atoms with Crippen LogP contribution in [0, 0.1) is 0 Å². The van der Waals surface area contributed by atoms with Crippen molar-refractivity contribution in [3.05, 3.63) is 28.9 Å². The molecule has 1 fully saturated rings. The van der Waals surface area contributed by atoms with Crippen molar-refractivity contribution in [3.8, 4) is 0 Å². The van der Waals surface area contributed by atoms with Crippen LogP contribution in [0.2, 0.25) is 0 Å². The average Bonchev–Trinajstić information content (AvgIpc) is 2.94. The largest absolute Gasteiger partial charge is 0.385 e. The molecule has 0 saturated carbocycles. The lowest BCUT2D eigenvalue weighted by Crippen LogP contribution is -2.27. The molecule has 0 bridgehead atoms. The normalized spacial score (nSPS) is 31.1. The fourth-order valence-corrected chi connectivity index (χ4v) is 2.44. The summed E-state index contributed by atoms with van der Waals surface area (Å²) in [6.45, 7) is 1.79. The lowest BCUT2D eigenvalue weighted by Gasteiger charge is -2.16. The Labute approximate surface area is 107 Å². The summed E-state index contributed by atoms with van der Waals surface area (Å²) in [5, 5.41) is 9.93. The molecule has 2 aromatic rings. The number of imidazole rings is 1. The van der Waals surface area contributed by atoms with Crippen LogP contribution in [0.4, 0.5) is 4.39 Å². The van der Waals surface area contributed by atoms with E-state index in [1.165, 1.54) is 17.1 Å². The number of hydrogen-bond acceptors (Lipinski definition) is 4. The van der Waals surface area contributed by atoms with Crippen molar-refractivity contribution in [2.75, 3.05) is 0 Å². The SMILES string of the molecule is CC[C@H]1O[C@@H](n2cnc3c(=O)[nH]ccc32)[C@H](O)[C@H]1F. The zero-order valence-corrected chi connectivity index (χ0v) is 10.3. The molecule has 19 heavy (non-hydrogen) atoms. The van der Waals surface area contributed by atoms with Crippen molar-refractivity contribution in [1.82, 2.24) is 14.5 Å². The lowest BCUT2D eigenvalue weighted by atomic mass is 10.1. The maximum atomic E-state index is 13.8. The molecule has 7 heteroatoms. The third kappa shape index (κ3) is 1.77. The zero-order chi connectivity index (χ0) is 13.6. The fourth-order valence-electron chi connectivity index (χ4n) is 2.44. The molecule has 6 nitrogen and oxygen atoms in total. The molecular formula is C12H14FN3O3. The Balaban J connectivity index is 2.06. The first kappa shape index (κ1) is 12.3. The average molecular weight is 267 g/mol. The highest BCUT2D eigenvalue weighted by molar-refractivity contribution is 5.73. The maximum absolute atomic E-state index is 13.8. The number of aliphatic hydroxyl groups excluding tert-OH is 1. The molecule has 0 amide bonds. The van der Waals surface area contributed by atoms with Gasteiger partial charge in [0.25, 0.3) is 5.56 Å². The van der Waals surface area contributed by atoms with Gasteiger partial charge >= 0.3 is 0 Å². The molecule has 0 spiro atoms. The van der Waals surface area contributed by atoms with E-state index in [-0.39, 0.29) is 11.1 Å². The van der Waals surface area contributed by atoms with Gasteiger partial charge in [-0.25, -0.2) is 9.37 Å². The monoisotopic (exact) mass is 267 g/mol. The first-order chi connectivity index (χ1) is 9.13. The highest BCUT2D eigenvalue weighted by Crippen LogP contribution is 2.34. The van der Waals surface area contributed by atoms with Crippen LogP contribution in [-0.4, -0.2) is 38.0 Å². The number of nitrogens with one attached hydrogen (secondary N) is 1. The topological polar surface area (TPSA) is 80.1 Å². The summed E-state index contributed by atoms with van der Waals surface area (Å²) in [6, 6.07) is 1.65. The number of aliphatic hydroxyl groups is 1. The Hall–Kier alpha value is -1.73. The van der Waals surface area contributed by atoms with Crippen LogP contribution in [-0.2, 0) is 4.74 Å². The van der Waals surface area contributed by atoms with E-state index >= 15 is 0 Å². The minimum absolute atomic E-state index is 0.244. The van der Waals surface area contributed by atoms with E-state index in [0.29, 0.717) is 11.9 Å². The molecule has 0 aromatic carbocycles. The molecule has 1 aliphatic heterocycles. The number of rotatable bonds is 2. The molecule has 102 valence electrons. The van der Waals surface area contributed by atoms with Crippen LogP contribution >= 0.6 is 0 Å². The van der Waals surface area contributed by atoms with E-state index in [4.69, 9.17) is 4.74 Å². The van der Waals surface area contributed by atoms with Crippen LogP contribution < -0.4 is 5.56 Å². The third-order valence-electron chi connectivity index (χ3n) is 3.47. The molecule has 3 heterocycles. The number of aromatic nitrogens is 3. The number of pyridine rings is 1. The van der Waals surface area contributed by atoms with Crippen LogP contribution in [0.5, 0.6) is 0 Å². The number of nitrogens with zero attached hydrogens (tertiary/aromatic N) is 2. The Morgan fingerprint density at radius 2 is 2.42 bits per heavy atom. The van der Waals surface area contributed by atoms with Gasteiger partial charge in [0.05, 0.1) is 17.9 Å². The van der Waals surface area contributed by atoms with Gasteiger partial charge in [-0.2, -0.15) is 0 Å². The minimum Gasteiger partial charge on any atom is -0.385 e. The number of halogens is 1. The summed E-state index contributed by atoms with van der Waals surface area (Å²) in [4.78, 5) is 18.1. The van der Waals surface area contributed by atoms with Gasteiger partial charge in [0.2, 0.25) is 0 Å². The molecule has 4 atom stereocenters. The standard InChI is InChI=1S/C12H14FN3O3/c1-2-7-8(13)10(17)12(19-7)16-5-15-9-6(16)3-4-14-11(9)18/h3-5,7-8,10,12,17H,2H2,1H3,(H,14,18)/t7-,8+,10-,12-/m1/s1. The Kier molecular flexibility index (Phi) is 2.87. The zero-order valence-electron chi connectivity index (χ0n) is 10.3. The van der Waals surface area contributed by atoms with Gasteiger partial charge in [-0.05, 0) is 12.5 Å². The Morgan fingerprint density at radius 3 is 3.11 bits per heavy atom. The highest BCUT2D eigenvalue weighted by atomic mass is 19.1. The van der Waals surface area contributed by atoms with Gasteiger partial charge in [-0.15, -0.1) is 0 Å². The second-order valence-electron chi connectivity index (χ2n) is 4.60. The lowest BCUT2D eigenvalue weighted by molar-refractivity contribution is -0.0352. The quantitative estimate of drug-likeness (QED) is 0.840. The van der Waals surface area contributed by atoms with Gasteiger partial charge in [0, 0.05) is 6.20 Å². The van der Waals surface area contributed by atoms with Crippen LogP contribution in [0.3, 0.4) is 0 Å². The van der Waals surface area contributed by atoms with Gasteiger partial charge < -0.3 is 19.4 Å².